The minimum absolute atomic E-state index is 0.155. The first kappa shape index (κ1) is 27.0. The summed E-state index contributed by atoms with van der Waals surface area (Å²) >= 11 is 0. The molecule has 0 unspecified atom stereocenters. The lowest BCUT2D eigenvalue weighted by molar-refractivity contribution is -0.141. The largest absolute Gasteiger partial charge is 0.463 e. The van der Waals surface area contributed by atoms with Gasteiger partial charge in [-0.05, 0) is 49.9 Å². The molecule has 0 fully saturated rings. The van der Waals surface area contributed by atoms with Gasteiger partial charge in [-0.1, -0.05) is 45.9 Å². The Balaban J connectivity index is 1.92. The Bertz CT molecular complexity index is 1300. The van der Waals surface area contributed by atoms with Crippen molar-refractivity contribution in [2.75, 3.05) is 13.2 Å². The molecule has 8 nitrogen and oxygen atoms in total. The minimum Gasteiger partial charge on any atom is -0.463 e. The number of ether oxygens (including phenoxy) is 2. The van der Waals surface area contributed by atoms with Gasteiger partial charge in [-0.3, -0.25) is 0 Å². The number of aromatic nitrogens is 2. The molecule has 8 heteroatoms. The van der Waals surface area contributed by atoms with Gasteiger partial charge in [0.25, 0.3) is 0 Å². The van der Waals surface area contributed by atoms with Gasteiger partial charge in [-0.25, -0.2) is 14.3 Å². The minimum atomic E-state index is -0.784. The number of hydrogen-bond acceptors (Lipinski definition) is 7. The molecule has 1 aliphatic rings. The molecule has 0 spiro atoms. The highest BCUT2D eigenvalue weighted by molar-refractivity contribution is 6.00. The number of benzene rings is 1. The quantitative estimate of drug-likeness (QED) is 0.360. The topological polar surface area (TPSA) is 95.6 Å². The molecular formula is C30H35N3O5. The SMILES string of the molecule is CC1=C(C(=O)OCC(C)C)C(c2cn(-c3ccccc3)nc2-c2ccco2)C(C(=O)OCC(C)C)=C(C)N1. The Morgan fingerprint density at radius 3 is 2.00 bits per heavy atom. The molecule has 2 aromatic heterocycles. The van der Waals surface area contributed by atoms with Gasteiger partial charge in [0.1, 0.15) is 5.69 Å². The number of rotatable bonds is 9. The van der Waals surface area contributed by atoms with Gasteiger partial charge >= 0.3 is 11.9 Å². The summed E-state index contributed by atoms with van der Waals surface area (Å²) in [6.07, 6.45) is 3.41. The first-order valence-corrected chi connectivity index (χ1v) is 12.9. The van der Waals surface area contributed by atoms with Crippen LogP contribution in [0.4, 0.5) is 0 Å². The summed E-state index contributed by atoms with van der Waals surface area (Å²) in [5.41, 5.74) is 3.89. The third kappa shape index (κ3) is 5.74. The summed E-state index contributed by atoms with van der Waals surface area (Å²) in [5, 5.41) is 8.05. The molecule has 0 bridgehead atoms. The van der Waals surface area contributed by atoms with Gasteiger partial charge in [0.05, 0.1) is 42.2 Å². The molecule has 4 rings (SSSR count). The lowest BCUT2D eigenvalue weighted by atomic mass is 9.80. The van der Waals surface area contributed by atoms with Crippen molar-refractivity contribution >= 4 is 11.9 Å². The Morgan fingerprint density at radius 1 is 0.921 bits per heavy atom. The zero-order valence-electron chi connectivity index (χ0n) is 22.8. The highest BCUT2D eigenvalue weighted by Crippen LogP contribution is 2.43. The van der Waals surface area contributed by atoms with Crippen LogP contribution in [0.2, 0.25) is 0 Å². The predicted octanol–water partition coefficient (Wildman–Crippen LogP) is 5.77. The molecule has 0 atom stereocenters. The van der Waals surface area contributed by atoms with E-state index in [0.717, 1.165) is 5.69 Å². The van der Waals surface area contributed by atoms with Gasteiger partial charge in [-0.2, -0.15) is 5.10 Å². The van der Waals surface area contributed by atoms with E-state index in [1.807, 2.05) is 84.1 Å². The van der Waals surface area contributed by atoms with E-state index in [1.165, 1.54) is 0 Å². The average molecular weight is 518 g/mol. The number of para-hydroxylation sites is 1. The first-order valence-electron chi connectivity index (χ1n) is 12.9. The van der Waals surface area contributed by atoms with Crippen LogP contribution in [0.5, 0.6) is 0 Å². The fourth-order valence-electron chi connectivity index (χ4n) is 4.40. The Hall–Kier alpha value is -4.07. The zero-order valence-corrected chi connectivity index (χ0v) is 22.8. The molecule has 1 aromatic carbocycles. The molecule has 1 N–H and O–H groups in total. The van der Waals surface area contributed by atoms with E-state index in [0.29, 0.717) is 39.6 Å². The number of esters is 2. The lowest BCUT2D eigenvalue weighted by Crippen LogP contribution is -2.33. The van der Waals surface area contributed by atoms with E-state index in [1.54, 1.807) is 17.0 Å². The number of nitrogens with one attached hydrogen (secondary N) is 1. The molecule has 3 heterocycles. The molecule has 3 aromatic rings. The maximum absolute atomic E-state index is 13.6. The van der Waals surface area contributed by atoms with Crippen LogP contribution in [0.1, 0.15) is 53.0 Å². The predicted molar refractivity (Wildman–Crippen MR) is 144 cm³/mol. The van der Waals surface area contributed by atoms with E-state index < -0.39 is 17.9 Å². The number of nitrogens with zero attached hydrogens (tertiary/aromatic N) is 2. The van der Waals surface area contributed by atoms with Crippen molar-refractivity contribution < 1.29 is 23.5 Å². The third-order valence-corrected chi connectivity index (χ3v) is 6.12. The van der Waals surface area contributed by atoms with Crippen LogP contribution in [-0.2, 0) is 19.1 Å². The molecule has 1 aliphatic heterocycles. The van der Waals surface area contributed by atoms with Gasteiger partial charge in [0.2, 0.25) is 0 Å². The molecule has 0 radical (unpaired) electrons. The maximum Gasteiger partial charge on any atom is 0.336 e. The van der Waals surface area contributed by atoms with Gasteiger partial charge in [-0.15, -0.1) is 0 Å². The van der Waals surface area contributed by atoms with E-state index in [-0.39, 0.29) is 25.0 Å². The number of furan rings is 1. The Labute approximate surface area is 223 Å². The van der Waals surface area contributed by atoms with E-state index in [4.69, 9.17) is 19.0 Å². The normalized spacial score (nSPS) is 14.3. The first-order chi connectivity index (χ1) is 18.2. The van der Waals surface area contributed by atoms with E-state index >= 15 is 0 Å². The summed E-state index contributed by atoms with van der Waals surface area (Å²) in [6.45, 7) is 12.0. The molecule has 38 heavy (non-hydrogen) atoms. The van der Waals surface area contributed by atoms with Crippen molar-refractivity contribution in [1.29, 1.82) is 0 Å². The molecule has 0 saturated carbocycles. The van der Waals surface area contributed by atoms with Crippen molar-refractivity contribution in [3.63, 3.8) is 0 Å². The highest BCUT2D eigenvalue weighted by atomic mass is 16.5. The van der Waals surface area contributed by atoms with Crippen LogP contribution >= 0.6 is 0 Å². The molecule has 0 aliphatic carbocycles. The number of carbonyl (C=O) groups excluding carboxylic acids is 2. The standard InChI is InChI=1S/C30H35N3O5/c1-18(2)16-37-29(34)25-20(5)31-21(6)26(30(35)38-17-19(3)4)27(25)23-15-33(22-11-8-7-9-12-22)32-28(23)24-13-10-14-36-24/h7-15,18-19,27,31H,16-17H2,1-6H3. The van der Waals surface area contributed by atoms with Gasteiger partial charge in [0, 0.05) is 23.2 Å². The smallest absolute Gasteiger partial charge is 0.336 e. The van der Waals surface area contributed by atoms with Crippen molar-refractivity contribution in [3.05, 3.63) is 83.0 Å². The second kappa shape index (κ2) is 11.5. The lowest BCUT2D eigenvalue weighted by Gasteiger charge is -2.30. The number of dihydropyridines is 1. The summed E-state index contributed by atoms with van der Waals surface area (Å²) in [4.78, 5) is 27.1. The van der Waals surface area contributed by atoms with Crippen LogP contribution < -0.4 is 5.32 Å². The fourth-order valence-corrected chi connectivity index (χ4v) is 4.40. The van der Waals surface area contributed by atoms with Crippen LogP contribution in [0, 0.1) is 11.8 Å². The second-order valence-corrected chi connectivity index (χ2v) is 10.3. The van der Waals surface area contributed by atoms with Crippen molar-refractivity contribution in [2.45, 2.75) is 47.5 Å². The summed E-state index contributed by atoms with van der Waals surface area (Å²) in [7, 11) is 0. The number of carbonyl (C=O) groups is 2. The van der Waals surface area contributed by atoms with Crippen LogP contribution in [-0.4, -0.2) is 34.9 Å². The third-order valence-electron chi connectivity index (χ3n) is 6.12. The molecule has 0 amide bonds. The molecular weight excluding hydrogens is 482 g/mol. The highest BCUT2D eigenvalue weighted by Gasteiger charge is 2.41. The Kier molecular flexibility index (Phi) is 8.20. The van der Waals surface area contributed by atoms with Gasteiger partial charge in [0.15, 0.2) is 5.76 Å². The van der Waals surface area contributed by atoms with Crippen LogP contribution in [0.15, 0.2) is 81.9 Å². The fraction of sp³-hybridized carbons (Fsp3) is 0.367. The van der Waals surface area contributed by atoms with E-state index in [2.05, 4.69) is 5.32 Å². The monoisotopic (exact) mass is 517 g/mol. The van der Waals surface area contributed by atoms with Crippen molar-refractivity contribution in [3.8, 4) is 17.1 Å². The van der Waals surface area contributed by atoms with E-state index in [9.17, 15) is 9.59 Å². The summed E-state index contributed by atoms with van der Waals surface area (Å²) in [6, 6.07) is 13.2. The number of allylic oxidation sites excluding steroid dienone is 2. The van der Waals surface area contributed by atoms with Crippen molar-refractivity contribution in [1.82, 2.24) is 15.1 Å². The van der Waals surface area contributed by atoms with Gasteiger partial charge < -0.3 is 19.2 Å². The number of hydrogen-bond donors (Lipinski definition) is 1. The second-order valence-electron chi connectivity index (χ2n) is 10.3. The Morgan fingerprint density at radius 2 is 1.50 bits per heavy atom. The summed E-state index contributed by atoms with van der Waals surface area (Å²) in [5.74, 6) is -0.938. The van der Waals surface area contributed by atoms with Crippen LogP contribution in [0.3, 0.4) is 0 Å². The van der Waals surface area contributed by atoms with Crippen LogP contribution in [0.25, 0.3) is 17.1 Å². The molecule has 0 saturated heterocycles. The maximum atomic E-state index is 13.6. The van der Waals surface area contributed by atoms with Crippen molar-refractivity contribution in [2.24, 2.45) is 11.8 Å². The summed E-state index contributed by atoms with van der Waals surface area (Å²) < 4.78 is 18.9. The average Bonchev–Trinajstić information content (AvgIpc) is 3.56. The molecule has 200 valence electrons. The zero-order chi connectivity index (χ0) is 27.4.